The van der Waals surface area contributed by atoms with Gasteiger partial charge in [0.1, 0.15) is 17.8 Å². The SMILES string of the molecule is O=C(NC1CCC(O)CC1)c1cc(N2CCCCC2)ncn1. The molecule has 120 valence electrons. The van der Waals surface area contributed by atoms with Gasteiger partial charge in [0, 0.05) is 25.2 Å². The maximum absolute atomic E-state index is 12.3. The molecule has 0 spiro atoms. The number of hydrogen-bond acceptors (Lipinski definition) is 5. The Labute approximate surface area is 131 Å². The molecule has 0 atom stereocenters. The minimum atomic E-state index is -0.210. The van der Waals surface area contributed by atoms with Gasteiger partial charge in [-0.3, -0.25) is 4.79 Å². The fourth-order valence-corrected chi connectivity index (χ4v) is 3.25. The summed E-state index contributed by atoms with van der Waals surface area (Å²) >= 11 is 0. The van der Waals surface area contributed by atoms with E-state index in [-0.39, 0.29) is 18.1 Å². The molecule has 22 heavy (non-hydrogen) atoms. The minimum absolute atomic E-state index is 0.137. The Hall–Kier alpha value is -1.69. The van der Waals surface area contributed by atoms with Gasteiger partial charge in [-0.1, -0.05) is 0 Å². The molecule has 0 unspecified atom stereocenters. The van der Waals surface area contributed by atoms with Crippen molar-refractivity contribution in [2.45, 2.75) is 57.1 Å². The average molecular weight is 304 g/mol. The molecule has 1 aromatic heterocycles. The second-order valence-corrected chi connectivity index (χ2v) is 6.29. The Kier molecular flexibility index (Phi) is 4.87. The van der Waals surface area contributed by atoms with Gasteiger partial charge < -0.3 is 15.3 Å². The smallest absolute Gasteiger partial charge is 0.270 e. The average Bonchev–Trinajstić information content (AvgIpc) is 2.58. The topological polar surface area (TPSA) is 78.4 Å². The number of nitrogens with one attached hydrogen (secondary N) is 1. The third-order valence-electron chi connectivity index (χ3n) is 4.60. The van der Waals surface area contributed by atoms with E-state index < -0.39 is 0 Å². The van der Waals surface area contributed by atoms with Gasteiger partial charge in [-0.25, -0.2) is 9.97 Å². The Balaban J connectivity index is 1.62. The Morgan fingerprint density at radius 1 is 1.14 bits per heavy atom. The molecule has 1 amide bonds. The number of nitrogens with zero attached hydrogens (tertiary/aromatic N) is 3. The van der Waals surface area contributed by atoms with Crippen LogP contribution in [-0.4, -0.2) is 46.2 Å². The summed E-state index contributed by atoms with van der Waals surface area (Å²) in [6.07, 6.45) is 8.06. The number of carbonyl (C=O) groups is 1. The molecule has 0 aromatic carbocycles. The highest BCUT2D eigenvalue weighted by Gasteiger charge is 2.22. The van der Waals surface area contributed by atoms with Crippen molar-refractivity contribution >= 4 is 11.7 Å². The fourth-order valence-electron chi connectivity index (χ4n) is 3.25. The number of aliphatic hydroxyl groups excluding tert-OH is 1. The van der Waals surface area contributed by atoms with Gasteiger partial charge >= 0.3 is 0 Å². The summed E-state index contributed by atoms with van der Waals surface area (Å²) in [5, 5.41) is 12.5. The van der Waals surface area contributed by atoms with Crippen molar-refractivity contribution in [3.05, 3.63) is 18.1 Å². The van der Waals surface area contributed by atoms with Gasteiger partial charge in [-0.15, -0.1) is 0 Å². The third kappa shape index (κ3) is 3.74. The van der Waals surface area contributed by atoms with Crippen molar-refractivity contribution in [3.63, 3.8) is 0 Å². The van der Waals surface area contributed by atoms with Crippen LogP contribution in [0.5, 0.6) is 0 Å². The summed E-state index contributed by atoms with van der Waals surface area (Å²) in [6, 6.07) is 1.93. The van der Waals surface area contributed by atoms with Crippen LogP contribution in [-0.2, 0) is 0 Å². The molecule has 6 heteroatoms. The van der Waals surface area contributed by atoms with Crippen LogP contribution in [0, 0.1) is 0 Å². The molecule has 2 N–H and O–H groups in total. The van der Waals surface area contributed by atoms with Crippen molar-refractivity contribution in [2.75, 3.05) is 18.0 Å². The summed E-state index contributed by atoms with van der Waals surface area (Å²) in [5.41, 5.74) is 0.432. The monoisotopic (exact) mass is 304 g/mol. The van der Waals surface area contributed by atoms with Gasteiger partial charge in [0.2, 0.25) is 0 Å². The fraction of sp³-hybridized carbons (Fsp3) is 0.688. The second kappa shape index (κ2) is 7.05. The molecule has 0 radical (unpaired) electrons. The van der Waals surface area contributed by atoms with Crippen molar-refractivity contribution in [3.8, 4) is 0 Å². The predicted octanol–water partition coefficient (Wildman–Crippen LogP) is 1.50. The number of hydrogen-bond donors (Lipinski definition) is 2. The van der Waals surface area contributed by atoms with Gasteiger partial charge in [0.15, 0.2) is 0 Å². The van der Waals surface area contributed by atoms with Crippen LogP contribution < -0.4 is 10.2 Å². The molecule has 2 aliphatic rings. The van der Waals surface area contributed by atoms with Crippen molar-refractivity contribution in [1.29, 1.82) is 0 Å². The molecule has 1 aromatic rings. The zero-order valence-electron chi connectivity index (χ0n) is 12.9. The van der Waals surface area contributed by atoms with Crippen molar-refractivity contribution in [2.24, 2.45) is 0 Å². The van der Waals surface area contributed by atoms with Crippen LogP contribution in [0.4, 0.5) is 5.82 Å². The number of carbonyl (C=O) groups excluding carboxylic acids is 1. The maximum atomic E-state index is 12.3. The molecule has 1 saturated heterocycles. The number of amides is 1. The van der Waals surface area contributed by atoms with Crippen LogP contribution in [0.15, 0.2) is 12.4 Å². The molecule has 0 bridgehead atoms. The van der Waals surface area contributed by atoms with E-state index in [0.29, 0.717) is 5.69 Å². The first-order chi connectivity index (χ1) is 10.7. The van der Waals surface area contributed by atoms with Gasteiger partial charge in [0.05, 0.1) is 6.10 Å². The number of aromatic nitrogens is 2. The van der Waals surface area contributed by atoms with Crippen molar-refractivity contribution < 1.29 is 9.90 Å². The molecule has 1 aliphatic carbocycles. The predicted molar refractivity (Wildman–Crippen MR) is 83.8 cm³/mol. The van der Waals surface area contributed by atoms with Crippen LogP contribution in [0.25, 0.3) is 0 Å². The highest BCUT2D eigenvalue weighted by Crippen LogP contribution is 2.20. The number of rotatable bonds is 3. The first-order valence-corrected chi connectivity index (χ1v) is 8.28. The van der Waals surface area contributed by atoms with E-state index in [1.807, 2.05) is 0 Å². The van der Waals surface area contributed by atoms with Crippen LogP contribution in [0.3, 0.4) is 0 Å². The highest BCUT2D eigenvalue weighted by atomic mass is 16.3. The van der Waals surface area contributed by atoms with E-state index in [4.69, 9.17) is 0 Å². The summed E-state index contributed by atoms with van der Waals surface area (Å²) < 4.78 is 0. The lowest BCUT2D eigenvalue weighted by Crippen LogP contribution is -2.39. The number of aliphatic hydroxyl groups is 1. The standard InChI is InChI=1S/C16H24N4O2/c21-13-6-4-12(5-7-13)19-16(22)14-10-15(18-11-17-14)20-8-2-1-3-9-20/h10-13,21H,1-9H2,(H,19,22). The molecule has 3 rings (SSSR count). The molecule has 2 heterocycles. The van der Waals surface area contributed by atoms with E-state index in [1.165, 1.54) is 25.6 Å². The van der Waals surface area contributed by atoms with E-state index in [1.54, 1.807) is 6.07 Å². The number of piperidine rings is 1. The lowest BCUT2D eigenvalue weighted by molar-refractivity contribution is 0.0863. The van der Waals surface area contributed by atoms with Gasteiger partial charge in [-0.05, 0) is 44.9 Å². The largest absolute Gasteiger partial charge is 0.393 e. The third-order valence-corrected chi connectivity index (χ3v) is 4.60. The Morgan fingerprint density at radius 3 is 2.59 bits per heavy atom. The van der Waals surface area contributed by atoms with Crippen LogP contribution >= 0.6 is 0 Å². The van der Waals surface area contributed by atoms with E-state index in [2.05, 4.69) is 20.2 Å². The van der Waals surface area contributed by atoms with E-state index in [0.717, 1.165) is 44.6 Å². The molecule has 6 nitrogen and oxygen atoms in total. The Morgan fingerprint density at radius 2 is 1.86 bits per heavy atom. The maximum Gasteiger partial charge on any atom is 0.270 e. The zero-order valence-corrected chi connectivity index (χ0v) is 12.9. The normalized spacial score (nSPS) is 25.8. The van der Waals surface area contributed by atoms with Crippen molar-refractivity contribution in [1.82, 2.24) is 15.3 Å². The summed E-state index contributed by atoms with van der Waals surface area (Å²) in [6.45, 7) is 2.00. The molecule has 1 saturated carbocycles. The molecular formula is C16H24N4O2. The second-order valence-electron chi connectivity index (χ2n) is 6.29. The lowest BCUT2D eigenvalue weighted by atomic mass is 9.93. The lowest BCUT2D eigenvalue weighted by Gasteiger charge is -2.28. The summed E-state index contributed by atoms with van der Waals surface area (Å²) in [5.74, 6) is 0.709. The van der Waals surface area contributed by atoms with Gasteiger partial charge in [-0.2, -0.15) is 0 Å². The molecule has 1 aliphatic heterocycles. The van der Waals surface area contributed by atoms with Crippen LogP contribution in [0.1, 0.15) is 55.4 Å². The van der Waals surface area contributed by atoms with E-state index >= 15 is 0 Å². The molecular weight excluding hydrogens is 280 g/mol. The van der Waals surface area contributed by atoms with Crippen LogP contribution in [0.2, 0.25) is 0 Å². The van der Waals surface area contributed by atoms with Gasteiger partial charge in [0.25, 0.3) is 5.91 Å². The summed E-state index contributed by atoms with van der Waals surface area (Å²) in [4.78, 5) is 23.0. The summed E-state index contributed by atoms with van der Waals surface area (Å²) in [7, 11) is 0. The highest BCUT2D eigenvalue weighted by molar-refractivity contribution is 5.93. The first-order valence-electron chi connectivity index (χ1n) is 8.28. The van der Waals surface area contributed by atoms with E-state index in [9.17, 15) is 9.90 Å². The Bertz CT molecular complexity index is 509. The minimum Gasteiger partial charge on any atom is -0.393 e. The quantitative estimate of drug-likeness (QED) is 0.885. The molecule has 2 fully saturated rings. The number of anilines is 1. The zero-order chi connectivity index (χ0) is 15.4. The first kappa shape index (κ1) is 15.2.